The molecule has 6 heteroatoms. The quantitative estimate of drug-likeness (QED) is 0.851. The highest BCUT2D eigenvalue weighted by Crippen LogP contribution is 2.17. The van der Waals surface area contributed by atoms with Crippen molar-refractivity contribution in [3.05, 3.63) is 47.5 Å². The molecule has 0 amide bonds. The third-order valence-electron chi connectivity index (χ3n) is 2.54. The Morgan fingerprint density at radius 2 is 1.83 bits per heavy atom. The summed E-state index contributed by atoms with van der Waals surface area (Å²) in [4.78, 5) is 0. The number of aryl methyl sites for hydroxylation is 1. The molecule has 0 aliphatic carbocycles. The second-order valence-corrected chi connectivity index (χ2v) is 3.91. The Morgan fingerprint density at radius 1 is 1.17 bits per heavy atom. The molecule has 0 radical (unpaired) electrons. The summed E-state index contributed by atoms with van der Waals surface area (Å²) in [7, 11) is 0. The first-order valence-electron chi connectivity index (χ1n) is 5.50. The first-order valence-corrected chi connectivity index (χ1v) is 5.50. The smallest absolute Gasteiger partial charge is 0.194 e. The summed E-state index contributed by atoms with van der Waals surface area (Å²) in [6.45, 7) is 0.561. The summed E-state index contributed by atoms with van der Waals surface area (Å²) in [5.41, 5.74) is 6.43. The second kappa shape index (κ2) is 5.22. The Bertz CT molecular complexity index is 528. The average molecular weight is 255 g/mol. The third kappa shape index (κ3) is 2.53. The minimum Gasteiger partial charge on any atom is -0.330 e. The van der Waals surface area contributed by atoms with Gasteiger partial charge in [-0.3, -0.25) is 0 Å². The molecule has 0 aliphatic rings. The van der Waals surface area contributed by atoms with Crippen LogP contribution in [-0.2, 0) is 6.42 Å². The third-order valence-corrected chi connectivity index (χ3v) is 2.54. The van der Waals surface area contributed by atoms with Crippen LogP contribution in [0.5, 0.6) is 0 Å². The number of nitrogens with two attached hydrogens (primary N) is 1. The van der Waals surface area contributed by atoms with Gasteiger partial charge in [0.05, 0.1) is 11.9 Å². The SMILES string of the molecule is NCCCc1cnn(-c2cc(F)c(F)c(F)c2)c1. The predicted octanol–water partition coefficient (Wildman–Crippen LogP) is 2.18. The Kier molecular flexibility index (Phi) is 3.66. The van der Waals surface area contributed by atoms with Crippen LogP contribution in [0.4, 0.5) is 13.2 Å². The summed E-state index contributed by atoms with van der Waals surface area (Å²) in [5, 5.41) is 3.97. The van der Waals surface area contributed by atoms with Gasteiger partial charge in [-0.15, -0.1) is 0 Å². The van der Waals surface area contributed by atoms with Crippen LogP contribution in [0.1, 0.15) is 12.0 Å². The monoisotopic (exact) mass is 255 g/mol. The predicted molar refractivity (Wildman–Crippen MR) is 60.8 cm³/mol. The van der Waals surface area contributed by atoms with E-state index >= 15 is 0 Å². The van der Waals surface area contributed by atoms with Crippen molar-refractivity contribution in [3.63, 3.8) is 0 Å². The lowest BCUT2D eigenvalue weighted by Crippen LogP contribution is -2.00. The molecule has 0 unspecified atom stereocenters. The van der Waals surface area contributed by atoms with Crippen molar-refractivity contribution in [2.75, 3.05) is 6.54 Å². The van der Waals surface area contributed by atoms with Crippen LogP contribution < -0.4 is 5.73 Å². The summed E-state index contributed by atoms with van der Waals surface area (Å²) < 4.78 is 40.2. The molecule has 1 heterocycles. The number of benzene rings is 1. The highest BCUT2D eigenvalue weighted by Gasteiger charge is 2.12. The normalized spacial score (nSPS) is 10.9. The van der Waals surface area contributed by atoms with E-state index in [2.05, 4.69) is 5.10 Å². The van der Waals surface area contributed by atoms with Crippen LogP contribution >= 0.6 is 0 Å². The van der Waals surface area contributed by atoms with Gasteiger partial charge in [-0.25, -0.2) is 17.9 Å². The van der Waals surface area contributed by atoms with Crippen molar-refractivity contribution in [3.8, 4) is 5.69 Å². The van der Waals surface area contributed by atoms with Crippen LogP contribution in [0, 0.1) is 17.5 Å². The van der Waals surface area contributed by atoms with E-state index in [-0.39, 0.29) is 5.69 Å². The lowest BCUT2D eigenvalue weighted by molar-refractivity contribution is 0.446. The van der Waals surface area contributed by atoms with E-state index < -0.39 is 17.5 Å². The molecule has 0 bridgehead atoms. The number of rotatable bonds is 4. The van der Waals surface area contributed by atoms with Crippen LogP contribution in [-0.4, -0.2) is 16.3 Å². The van der Waals surface area contributed by atoms with Gasteiger partial charge in [0.2, 0.25) is 0 Å². The van der Waals surface area contributed by atoms with Crippen molar-refractivity contribution in [1.29, 1.82) is 0 Å². The van der Waals surface area contributed by atoms with Crippen LogP contribution in [0.25, 0.3) is 5.69 Å². The zero-order valence-corrected chi connectivity index (χ0v) is 9.54. The average Bonchev–Trinajstić information content (AvgIpc) is 2.81. The molecule has 0 spiro atoms. The molecule has 3 nitrogen and oxygen atoms in total. The van der Waals surface area contributed by atoms with Gasteiger partial charge >= 0.3 is 0 Å². The molecule has 96 valence electrons. The summed E-state index contributed by atoms with van der Waals surface area (Å²) in [5.74, 6) is -3.94. The molecule has 1 aromatic carbocycles. The van der Waals surface area contributed by atoms with Gasteiger partial charge in [0, 0.05) is 18.3 Å². The number of halogens is 3. The minimum absolute atomic E-state index is 0.144. The summed E-state index contributed by atoms with van der Waals surface area (Å²) in [6.07, 6.45) is 4.77. The fourth-order valence-electron chi connectivity index (χ4n) is 1.61. The van der Waals surface area contributed by atoms with E-state index in [4.69, 9.17) is 5.73 Å². The first kappa shape index (κ1) is 12.6. The highest BCUT2D eigenvalue weighted by atomic mass is 19.2. The molecule has 0 saturated heterocycles. The molecule has 0 fully saturated rings. The standard InChI is InChI=1S/C12H12F3N3/c13-10-4-9(5-11(14)12(10)15)18-7-8(6-17-18)2-1-3-16/h4-7H,1-3,16H2. The van der Waals surface area contributed by atoms with Crippen molar-refractivity contribution >= 4 is 0 Å². The van der Waals surface area contributed by atoms with Gasteiger partial charge < -0.3 is 5.73 Å². The molecule has 2 rings (SSSR count). The minimum atomic E-state index is -1.48. The molecule has 0 atom stereocenters. The van der Waals surface area contributed by atoms with E-state index in [1.54, 1.807) is 12.4 Å². The molecule has 2 aromatic rings. The van der Waals surface area contributed by atoms with Gasteiger partial charge in [-0.05, 0) is 24.9 Å². The van der Waals surface area contributed by atoms with E-state index in [0.29, 0.717) is 6.54 Å². The Balaban J connectivity index is 2.28. The largest absolute Gasteiger partial charge is 0.330 e. The molecule has 2 N–H and O–H groups in total. The van der Waals surface area contributed by atoms with Crippen LogP contribution in [0.15, 0.2) is 24.5 Å². The van der Waals surface area contributed by atoms with Crippen molar-refractivity contribution in [1.82, 2.24) is 9.78 Å². The second-order valence-electron chi connectivity index (χ2n) is 3.91. The van der Waals surface area contributed by atoms with Gasteiger partial charge in [-0.2, -0.15) is 5.10 Å². The maximum Gasteiger partial charge on any atom is 0.194 e. The topological polar surface area (TPSA) is 43.8 Å². The van der Waals surface area contributed by atoms with Gasteiger partial charge in [0.25, 0.3) is 0 Å². The van der Waals surface area contributed by atoms with E-state index in [1.165, 1.54) is 4.68 Å². The summed E-state index contributed by atoms with van der Waals surface area (Å²) in [6, 6.07) is 1.80. The highest BCUT2D eigenvalue weighted by molar-refractivity contribution is 5.33. The fourth-order valence-corrected chi connectivity index (χ4v) is 1.61. The molecular weight excluding hydrogens is 243 g/mol. The van der Waals surface area contributed by atoms with Crippen molar-refractivity contribution in [2.45, 2.75) is 12.8 Å². The number of nitrogens with zero attached hydrogens (tertiary/aromatic N) is 2. The number of aromatic nitrogens is 2. The maximum absolute atomic E-state index is 13.1. The van der Waals surface area contributed by atoms with E-state index in [1.807, 2.05) is 0 Å². The summed E-state index contributed by atoms with van der Waals surface area (Å²) >= 11 is 0. The van der Waals surface area contributed by atoms with Crippen molar-refractivity contribution < 1.29 is 13.2 Å². The lowest BCUT2D eigenvalue weighted by atomic mass is 10.2. The molecular formula is C12H12F3N3. The van der Waals surface area contributed by atoms with Crippen LogP contribution in [0.2, 0.25) is 0 Å². The van der Waals surface area contributed by atoms with E-state index in [0.717, 1.165) is 30.5 Å². The molecule has 18 heavy (non-hydrogen) atoms. The Morgan fingerprint density at radius 3 is 2.44 bits per heavy atom. The van der Waals surface area contributed by atoms with Crippen LogP contribution in [0.3, 0.4) is 0 Å². The Hall–Kier alpha value is -1.82. The van der Waals surface area contributed by atoms with E-state index in [9.17, 15) is 13.2 Å². The maximum atomic E-state index is 13.1. The zero-order chi connectivity index (χ0) is 13.1. The van der Waals surface area contributed by atoms with Gasteiger partial charge in [-0.1, -0.05) is 0 Å². The lowest BCUT2D eigenvalue weighted by Gasteiger charge is -2.03. The molecule has 0 saturated carbocycles. The Labute approximate surface area is 102 Å². The van der Waals surface area contributed by atoms with Crippen molar-refractivity contribution in [2.24, 2.45) is 5.73 Å². The number of hydrogen-bond acceptors (Lipinski definition) is 2. The number of hydrogen-bond donors (Lipinski definition) is 1. The van der Waals surface area contributed by atoms with Gasteiger partial charge in [0.1, 0.15) is 0 Å². The zero-order valence-electron chi connectivity index (χ0n) is 9.54. The molecule has 1 aromatic heterocycles. The van der Waals surface area contributed by atoms with Gasteiger partial charge in [0.15, 0.2) is 17.5 Å². The fraction of sp³-hybridized carbons (Fsp3) is 0.250. The first-order chi connectivity index (χ1) is 8.61. The molecule has 0 aliphatic heterocycles.